The second kappa shape index (κ2) is 6.63. The number of nitrogens with zero attached hydrogens (tertiary/aromatic N) is 1. The van der Waals surface area contributed by atoms with Gasteiger partial charge in [-0.1, -0.05) is 19.1 Å². The van der Waals surface area contributed by atoms with E-state index < -0.39 is 11.6 Å². The van der Waals surface area contributed by atoms with Crippen molar-refractivity contribution in [2.45, 2.75) is 39.3 Å². The lowest BCUT2D eigenvalue weighted by Crippen LogP contribution is -2.40. The van der Waals surface area contributed by atoms with Gasteiger partial charge in [-0.25, -0.2) is 4.79 Å². The summed E-state index contributed by atoms with van der Waals surface area (Å²) in [5.74, 6) is 1.59. The first-order valence-corrected chi connectivity index (χ1v) is 8.37. The molecular formula is C19H22N2O4. The molecule has 2 aromatic rings. The number of nitrogens with one attached hydrogen (secondary N) is 1. The number of imide groups is 1. The van der Waals surface area contributed by atoms with Crippen molar-refractivity contribution in [2.75, 3.05) is 6.61 Å². The van der Waals surface area contributed by atoms with Gasteiger partial charge >= 0.3 is 6.03 Å². The number of carbonyl (C=O) groups excluding carboxylic acids is 2. The highest BCUT2D eigenvalue weighted by Gasteiger charge is 2.50. The van der Waals surface area contributed by atoms with E-state index in [2.05, 4.69) is 5.32 Å². The first kappa shape index (κ1) is 17.1. The normalized spacial score (nSPS) is 20.0. The molecule has 132 valence electrons. The van der Waals surface area contributed by atoms with E-state index in [1.54, 1.807) is 26.0 Å². The molecule has 0 bridgehead atoms. The molecule has 1 fully saturated rings. The van der Waals surface area contributed by atoms with Gasteiger partial charge in [-0.3, -0.25) is 9.69 Å². The van der Waals surface area contributed by atoms with Crippen LogP contribution in [0.2, 0.25) is 0 Å². The van der Waals surface area contributed by atoms with Crippen LogP contribution in [0.3, 0.4) is 0 Å². The summed E-state index contributed by atoms with van der Waals surface area (Å²) >= 11 is 0. The van der Waals surface area contributed by atoms with Crippen LogP contribution >= 0.6 is 0 Å². The molecule has 25 heavy (non-hydrogen) atoms. The molecule has 1 aliphatic heterocycles. The molecule has 0 saturated carbocycles. The van der Waals surface area contributed by atoms with Crippen molar-refractivity contribution in [1.82, 2.24) is 10.2 Å². The molecule has 0 aliphatic carbocycles. The van der Waals surface area contributed by atoms with Gasteiger partial charge in [-0.05, 0) is 50.1 Å². The van der Waals surface area contributed by atoms with Crippen LogP contribution in [-0.2, 0) is 16.9 Å². The highest BCUT2D eigenvalue weighted by atomic mass is 16.5. The molecule has 0 unspecified atom stereocenters. The van der Waals surface area contributed by atoms with Crippen molar-refractivity contribution in [3.8, 4) is 5.75 Å². The van der Waals surface area contributed by atoms with Crippen LogP contribution < -0.4 is 10.1 Å². The largest absolute Gasteiger partial charge is 0.494 e. The maximum Gasteiger partial charge on any atom is 0.325 e. The quantitative estimate of drug-likeness (QED) is 0.817. The minimum Gasteiger partial charge on any atom is -0.494 e. The number of urea groups is 1. The van der Waals surface area contributed by atoms with Crippen LogP contribution in [0.25, 0.3) is 0 Å². The van der Waals surface area contributed by atoms with Gasteiger partial charge in [0.25, 0.3) is 5.91 Å². The fourth-order valence-corrected chi connectivity index (χ4v) is 2.80. The Morgan fingerprint density at radius 2 is 1.88 bits per heavy atom. The van der Waals surface area contributed by atoms with E-state index >= 15 is 0 Å². The van der Waals surface area contributed by atoms with E-state index in [-0.39, 0.29) is 12.5 Å². The van der Waals surface area contributed by atoms with Gasteiger partial charge in [0.05, 0.1) is 13.2 Å². The Morgan fingerprint density at radius 1 is 1.16 bits per heavy atom. The van der Waals surface area contributed by atoms with Gasteiger partial charge in [0, 0.05) is 0 Å². The fraction of sp³-hybridized carbons (Fsp3) is 0.368. The standard InChI is InChI=1S/C19H22N2O4/c1-4-11-24-15-8-6-14(7-9-15)12-21-17(22)19(3,20-18(21)23)16-10-5-13(2)25-16/h5-10H,4,11-12H2,1-3H3,(H,20,23)/t19-/m0/s1. The molecule has 0 spiro atoms. The van der Waals surface area contributed by atoms with E-state index in [1.807, 2.05) is 31.2 Å². The van der Waals surface area contributed by atoms with Crippen molar-refractivity contribution in [1.29, 1.82) is 0 Å². The smallest absolute Gasteiger partial charge is 0.325 e. The molecular weight excluding hydrogens is 320 g/mol. The number of hydrogen-bond donors (Lipinski definition) is 1. The average Bonchev–Trinajstić information content (AvgIpc) is 3.12. The Balaban J connectivity index is 1.75. The summed E-state index contributed by atoms with van der Waals surface area (Å²) in [5.41, 5.74) is -0.317. The Bertz CT molecular complexity index is 781. The van der Waals surface area contributed by atoms with Crippen molar-refractivity contribution in [2.24, 2.45) is 0 Å². The molecule has 1 aliphatic rings. The van der Waals surface area contributed by atoms with Gasteiger partial charge in [0.2, 0.25) is 0 Å². The second-order valence-corrected chi connectivity index (χ2v) is 6.35. The Hall–Kier alpha value is -2.76. The van der Waals surface area contributed by atoms with Gasteiger partial charge in [-0.2, -0.15) is 0 Å². The molecule has 2 heterocycles. The van der Waals surface area contributed by atoms with E-state index in [0.717, 1.165) is 17.7 Å². The van der Waals surface area contributed by atoms with Crippen molar-refractivity contribution < 1.29 is 18.7 Å². The lowest BCUT2D eigenvalue weighted by molar-refractivity contribution is -0.132. The number of ether oxygens (including phenoxy) is 1. The molecule has 1 aromatic heterocycles. The molecule has 6 nitrogen and oxygen atoms in total. The van der Waals surface area contributed by atoms with Crippen molar-refractivity contribution >= 4 is 11.9 Å². The molecule has 1 atom stereocenters. The maximum absolute atomic E-state index is 12.8. The summed E-state index contributed by atoms with van der Waals surface area (Å²) in [5, 5.41) is 2.74. The molecule has 1 saturated heterocycles. The summed E-state index contributed by atoms with van der Waals surface area (Å²) in [4.78, 5) is 26.3. The zero-order chi connectivity index (χ0) is 18.0. The van der Waals surface area contributed by atoms with Crippen LogP contribution in [-0.4, -0.2) is 23.4 Å². The molecule has 6 heteroatoms. The minimum atomic E-state index is -1.17. The SMILES string of the molecule is CCCOc1ccc(CN2C(=O)N[C@@](C)(c3ccc(C)o3)C2=O)cc1. The van der Waals surface area contributed by atoms with E-state index in [0.29, 0.717) is 18.1 Å². The van der Waals surface area contributed by atoms with Crippen LogP contribution in [0.4, 0.5) is 4.79 Å². The van der Waals surface area contributed by atoms with Gasteiger partial charge in [-0.15, -0.1) is 0 Å². The third-order valence-electron chi connectivity index (χ3n) is 4.25. The van der Waals surface area contributed by atoms with E-state index in [1.165, 1.54) is 4.90 Å². The number of benzene rings is 1. The topological polar surface area (TPSA) is 71.8 Å². The maximum atomic E-state index is 12.8. The number of furan rings is 1. The first-order chi connectivity index (χ1) is 11.9. The zero-order valence-electron chi connectivity index (χ0n) is 14.7. The highest BCUT2D eigenvalue weighted by Crippen LogP contribution is 2.31. The second-order valence-electron chi connectivity index (χ2n) is 6.35. The summed E-state index contributed by atoms with van der Waals surface area (Å²) < 4.78 is 11.1. The van der Waals surface area contributed by atoms with Crippen molar-refractivity contribution in [3.63, 3.8) is 0 Å². The summed E-state index contributed by atoms with van der Waals surface area (Å²) in [7, 11) is 0. The lowest BCUT2D eigenvalue weighted by Gasteiger charge is -2.19. The predicted octanol–water partition coefficient (Wildman–Crippen LogP) is 3.34. The number of aryl methyl sites for hydroxylation is 1. The van der Waals surface area contributed by atoms with Crippen LogP contribution in [0.1, 0.15) is 37.4 Å². The third kappa shape index (κ3) is 3.24. The van der Waals surface area contributed by atoms with Crippen LogP contribution in [0.5, 0.6) is 5.75 Å². The Labute approximate surface area is 146 Å². The highest BCUT2D eigenvalue weighted by molar-refractivity contribution is 6.06. The van der Waals surface area contributed by atoms with Crippen LogP contribution in [0, 0.1) is 6.92 Å². The number of hydrogen-bond acceptors (Lipinski definition) is 4. The average molecular weight is 342 g/mol. The number of amides is 3. The molecule has 0 radical (unpaired) electrons. The van der Waals surface area contributed by atoms with Crippen molar-refractivity contribution in [3.05, 3.63) is 53.5 Å². The molecule has 1 N–H and O–H groups in total. The third-order valence-corrected chi connectivity index (χ3v) is 4.25. The predicted molar refractivity (Wildman–Crippen MR) is 92.1 cm³/mol. The first-order valence-electron chi connectivity index (χ1n) is 8.37. The molecule has 3 amide bonds. The van der Waals surface area contributed by atoms with E-state index in [4.69, 9.17) is 9.15 Å². The summed E-state index contributed by atoms with van der Waals surface area (Å²) in [6.45, 7) is 6.37. The minimum absolute atomic E-state index is 0.202. The van der Waals surface area contributed by atoms with E-state index in [9.17, 15) is 9.59 Å². The number of rotatable bonds is 6. The number of carbonyl (C=O) groups is 2. The monoisotopic (exact) mass is 342 g/mol. The van der Waals surface area contributed by atoms with Gasteiger partial charge in [0.15, 0.2) is 5.54 Å². The Morgan fingerprint density at radius 3 is 2.48 bits per heavy atom. The molecule has 1 aromatic carbocycles. The van der Waals surface area contributed by atoms with Crippen LogP contribution in [0.15, 0.2) is 40.8 Å². The summed E-state index contributed by atoms with van der Waals surface area (Å²) in [6, 6.07) is 10.5. The van der Waals surface area contributed by atoms with Gasteiger partial charge in [0.1, 0.15) is 17.3 Å². The Kier molecular flexibility index (Phi) is 4.53. The summed E-state index contributed by atoms with van der Waals surface area (Å²) in [6.07, 6.45) is 0.940. The van der Waals surface area contributed by atoms with Gasteiger partial charge < -0.3 is 14.5 Å². The zero-order valence-corrected chi connectivity index (χ0v) is 14.7. The molecule has 3 rings (SSSR count). The fourth-order valence-electron chi connectivity index (χ4n) is 2.80. The lowest BCUT2D eigenvalue weighted by atomic mass is 9.99.